The smallest absolute Gasteiger partial charge is 0.387 e. The first-order valence-electron chi connectivity index (χ1n) is 18.7. The quantitative estimate of drug-likeness (QED) is 0.130. The van der Waals surface area contributed by atoms with Crippen LogP contribution in [0.1, 0.15) is 57.2 Å². The number of carbonyl (C=O) groups is 2. The molecule has 8 aromatic rings. The van der Waals surface area contributed by atoms with Crippen molar-refractivity contribution >= 4 is 69.2 Å². The molecular formula is C47H41N2O5P. The standard InChI is InChI=1S/C47H41N2O5P/c1-2-3-11-32-20-24-37(25-21-32)49-47(51)41-19-9-8-18-40(41)46(50)48-29-28-33-12-10-13-34(30-33)31-52-55-53-42-26-22-35-14-4-6-16-38(35)44(42)45-39-17-7-5-15-36(39)23-27-43(45)54-55/h4-10,12-27,30H,2-3,11,28-29,31H2,1H3,(H,48,50)(H,49,51). The molecular weight excluding hydrogens is 703 g/mol. The van der Waals surface area contributed by atoms with Crippen LogP contribution < -0.4 is 15.2 Å². The summed E-state index contributed by atoms with van der Waals surface area (Å²) in [6.07, 6.45) is 3.87. The van der Waals surface area contributed by atoms with Crippen LogP contribution in [0.25, 0.3) is 43.5 Å². The van der Waals surface area contributed by atoms with Crippen LogP contribution in [0.4, 0.5) is 5.69 Å². The maximum atomic E-state index is 13.3. The molecule has 0 saturated heterocycles. The van der Waals surface area contributed by atoms with E-state index in [1.807, 2.05) is 78.9 Å². The van der Waals surface area contributed by atoms with E-state index in [2.05, 4.69) is 60.0 Å². The zero-order valence-corrected chi connectivity index (χ0v) is 31.5. The van der Waals surface area contributed by atoms with E-state index in [0.717, 1.165) is 73.9 Å². The average Bonchev–Trinajstić information content (AvgIpc) is 3.40. The van der Waals surface area contributed by atoms with E-state index < -0.39 is 8.24 Å². The Labute approximate surface area is 320 Å². The van der Waals surface area contributed by atoms with Crippen molar-refractivity contribution in [2.24, 2.45) is 0 Å². The van der Waals surface area contributed by atoms with E-state index in [0.29, 0.717) is 29.8 Å². The Hall–Kier alpha value is -6.14. The molecule has 55 heavy (non-hydrogen) atoms. The van der Waals surface area contributed by atoms with Gasteiger partial charge in [0.05, 0.1) is 17.7 Å². The summed E-state index contributed by atoms with van der Waals surface area (Å²) in [5.74, 6) is -0.622. The third kappa shape index (κ3) is 8.04. The molecule has 274 valence electrons. The molecule has 7 nitrogen and oxygen atoms in total. The summed E-state index contributed by atoms with van der Waals surface area (Å²) in [6.45, 7) is 2.84. The zero-order chi connectivity index (χ0) is 37.6. The SMILES string of the molecule is CCCCc1ccc(NC(=O)c2ccccc2C(=O)NCCc2cccc(COp3oc4ccc5ccccc5c4c4c(ccc5ccccc54)o3)c2)cc1. The number of aryl methyl sites for hydroxylation is 1. The van der Waals surface area contributed by atoms with Crippen LogP contribution >= 0.6 is 8.24 Å². The molecule has 0 spiro atoms. The van der Waals surface area contributed by atoms with Gasteiger partial charge in [-0.05, 0) is 93.9 Å². The number of carbonyl (C=O) groups excluding carboxylic acids is 2. The van der Waals surface area contributed by atoms with Gasteiger partial charge < -0.3 is 19.0 Å². The topological polar surface area (TPSA) is 93.7 Å². The lowest BCUT2D eigenvalue weighted by Crippen LogP contribution is -2.28. The van der Waals surface area contributed by atoms with Gasteiger partial charge in [0.25, 0.3) is 11.8 Å². The number of unbranched alkanes of at least 4 members (excludes halogenated alkanes) is 1. The number of hydrogen-bond donors (Lipinski definition) is 2. The van der Waals surface area contributed by atoms with Gasteiger partial charge >= 0.3 is 8.24 Å². The second-order valence-electron chi connectivity index (χ2n) is 13.6. The van der Waals surface area contributed by atoms with Crippen LogP contribution in [0.5, 0.6) is 0 Å². The average molecular weight is 745 g/mol. The van der Waals surface area contributed by atoms with Crippen LogP contribution in [-0.4, -0.2) is 18.4 Å². The van der Waals surface area contributed by atoms with Crippen LogP contribution in [0.2, 0.25) is 0 Å². The van der Waals surface area contributed by atoms with Gasteiger partial charge in [-0.25, -0.2) is 0 Å². The molecule has 2 N–H and O–H groups in total. The predicted molar refractivity (Wildman–Crippen MR) is 224 cm³/mol. The molecule has 8 heteroatoms. The van der Waals surface area contributed by atoms with Gasteiger partial charge in [0.2, 0.25) is 0 Å². The number of fused-ring (bicyclic) bond motifs is 7. The van der Waals surface area contributed by atoms with E-state index in [4.69, 9.17) is 12.9 Å². The summed E-state index contributed by atoms with van der Waals surface area (Å²) < 4.78 is 19.4. The van der Waals surface area contributed by atoms with Crippen molar-refractivity contribution in [3.8, 4) is 0 Å². The highest BCUT2D eigenvalue weighted by Crippen LogP contribution is 2.40. The molecule has 1 heterocycles. The van der Waals surface area contributed by atoms with Crippen LogP contribution in [-0.2, 0) is 19.4 Å². The van der Waals surface area contributed by atoms with Crippen LogP contribution in [0, 0.1) is 0 Å². The van der Waals surface area contributed by atoms with Crippen molar-refractivity contribution in [2.45, 2.75) is 39.2 Å². The third-order valence-electron chi connectivity index (χ3n) is 9.85. The minimum Gasteiger partial charge on any atom is -0.399 e. The highest BCUT2D eigenvalue weighted by molar-refractivity contribution is 7.31. The number of nitrogens with one attached hydrogen (secondary N) is 2. The highest BCUT2D eigenvalue weighted by Gasteiger charge is 2.17. The van der Waals surface area contributed by atoms with Gasteiger partial charge in [-0.15, -0.1) is 0 Å². The molecule has 0 atom stereocenters. The first kappa shape index (κ1) is 35.9. The first-order valence-corrected chi connectivity index (χ1v) is 19.8. The monoisotopic (exact) mass is 744 g/mol. The van der Waals surface area contributed by atoms with Gasteiger partial charge in [0.1, 0.15) is 11.2 Å². The van der Waals surface area contributed by atoms with Gasteiger partial charge in [-0.1, -0.05) is 123 Å². The minimum absolute atomic E-state index is 0.279. The fourth-order valence-electron chi connectivity index (χ4n) is 7.03. The number of amides is 2. The van der Waals surface area contributed by atoms with Gasteiger partial charge in [0, 0.05) is 23.0 Å². The molecule has 2 amide bonds. The predicted octanol–water partition coefficient (Wildman–Crippen LogP) is 11.8. The highest BCUT2D eigenvalue weighted by atomic mass is 31.1. The summed E-state index contributed by atoms with van der Waals surface area (Å²) in [4.78, 5) is 26.5. The molecule has 0 fully saturated rings. The zero-order valence-electron chi connectivity index (χ0n) is 30.6. The van der Waals surface area contributed by atoms with Gasteiger partial charge in [0.15, 0.2) is 0 Å². The Morgan fingerprint density at radius 1 is 0.600 bits per heavy atom. The van der Waals surface area contributed by atoms with Crippen molar-refractivity contribution in [1.29, 1.82) is 0 Å². The molecule has 0 radical (unpaired) electrons. The summed E-state index contributed by atoms with van der Waals surface area (Å²) in [5, 5.41) is 12.4. The fraction of sp³-hybridized carbons (Fsp3) is 0.149. The Balaban J connectivity index is 0.953. The Kier molecular flexibility index (Phi) is 10.7. The molecule has 0 bridgehead atoms. The number of anilines is 1. The van der Waals surface area contributed by atoms with Crippen LogP contribution in [0.3, 0.4) is 0 Å². The lowest BCUT2D eigenvalue weighted by atomic mass is 9.99. The van der Waals surface area contributed by atoms with Crippen molar-refractivity contribution < 1.29 is 22.5 Å². The fourth-order valence-corrected chi connectivity index (χ4v) is 8.06. The van der Waals surface area contributed by atoms with Gasteiger partial charge in [-0.2, -0.15) is 0 Å². The van der Waals surface area contributed by atoms with Crippen LogP contribution in [0.15, 0.2) is 154 Å². The lowest BCUT2D eigenvalue weighted by molar-refractivity contribution is 0.0940. The second kappa shape index (κ2) is 16.5. The van der Waals surface area contributed by atoms with E-state index in [-0.39, 0.29) is 18.4 Å². The van der Waals surface area contributed by atoms with E-state index in [9.17, 15) is 9.59 Å². The third-order valence-corrected chi connectivity index (χ3v) is 10.9. The van der Waals surface area contributed by atoms with Crippen molar-refractivity contribution in [3.63, 3.8) is 0 Å². The number of rotatable bonds is 12. The van der Waals surface area contributed by atoms with E-state index >= 15 is 0 Å². The Morgan fingerprint density at radius 3 is 1.85 bits per heavy atom. The molecule has 0 aliphatic carbocycles. The number of hydrogen-bond acceptors (Lipinski definition) is 5. The summed E-state index contributed by atoms with van der Waals surface area (Å²) >= 11 is 0. The maximum Gasteiger partial charge on any atom is 0.387 e. The first-order chi connectivity index (χ1) is 27.0. The summed E-state index contributed by atoms with van der Waals surface area (Å²) in [7, 11) is -1.78. The maximum absolute atomic E-state index is 13.3. The number of benzene rings is 7. The second-order valence-corrected chi connectivity index (χ2v) is 14.7. The van der Waals surface area contributed by atoms with E-state index in [1.165, 1.54) is 5.56 Å². The molecule has 8 rings (SSSR count). The summed E-state index contributed by atoms with van der Waals surface area (Å²) in [6, 6.07) is 47.6. The van der Waals surface area contributed by atoms with Crippen molar-refractivity contribution in [3.05, 3.63) is 173 Å². The molecule has 7 aromatic carbocycles. The molecule has 1 aromatic heterocycles. The van der Waals surface area contributed by atoms with Crippen molar-refractivity contribution in [1.82, 2.24) is 5.32 Å². The lowest BCUT2D eigenvalue weighted by Gasteiger charge is -2.11. The molecule has 0 unspecified atom stereocenters. The molecule has 0 aliphatic rings. The normalized spacial score (nSPS) is 11.3. The molecule has 0 aliphatic heterocycles. The molecule has 0 saturated carbocycles. The van der Waals surface area contributed by atoms with Crippen molar-refractivity contribution in [2.75, 3.05) is 11.9 Å². The van der Waals surface area contributed by atoms with Gasteiger partial charge in [-0.3, -0.25) is 14.1 Å². The van der Waals surface area contributed by atoms with E-state index in [1.54, 1.807) is 24.3 Å². The minimum atomic E-state index is -1.78. The summed E-state index contributed by atoms with van der Waals surface area (Å²) in [5.41, 5.74) is 6.03. The Morgan fingerprint density at radius 2 is 1.20 bits per heavy atom. The largest absolute Gasteiger partial charge is 0.399 e. The Bertz CT molecular complexity index is 2610.